The van der Waals surface area contributed by atoms with Crippen LogP contribution in [0.25, 0.3) is 0 Å². The molecule has 21 heavy (non-hydrogen) atoms. The summed E-state index contributed by atoms with van der Waals surface area (Å²) in [6.07, 6.45) is 1.15. The van der Waals surface area contributed by atoms with Crippen LogP contribution in [0.2, 0.25) is 0 Å². The molecule has 0 fully saturated rings. The maximum Gasteiger partial charge on any atom is 0.121 e. The largest absolute Gasteiger partial charge is 0.307 e. The molecular formula is C16H22N4O. The third kappa shape index (κ3) is 3.49. The maximum absolute atomic E-state index is 4.72. The third-order valence-corrected chi connectivity index (χ3v) is 4.11. The van der Waals surface area contributed by atoms with Crippen LogP contribution in [0.1, 0.15) is 29.4 Å². The van der Waals surface area contributed by atoms with Crippen LogP contribution >= 0.6 is 0 Å². The molecule has 0 saturated carbocycles. The summed E-state index contributed by atoms with van der Waals surface area (Å²) < 4.78 is 4.72. The first-order valence-corrected chi connectivity index (χ1v) is 7.53. The average Bonchev–Trinajstić information content (AvgIpc) is 2.90. The van der Waals surface area contributed by atoms with Gasteiger partial charge in [0.1, 0.15) is 11.4 Å². The van der Waals surface area contributed by atoms with Crippen molar-refractivity contribution in [2.75, 3.05) is 13.1 Å². The van der Waals surface area contributed by atoms with Crippen LogP contribution < -0.4 is 5.32 Å². The molecule has 5 nitrogen and oxygen atoms in total. The minimum absolute atomic E-state index is 0.409. The Balaban J connectivity index is 1.50. The predicted octanol–water partition coefficient (Wildman–Crippen LogP) is 1.91. The van der Waals surface area contributed by atoms with Crippen LogP contribution in [-0.4, -0.2) is 34.3 Å². The van der Waals surface area contributed by atoms with Gasteiger partial charge in [0, 0.05) is 32.2 Å². The fraction of sp³-hybridized carbons (Fsp3) is 0.500. The van der Waals surface area contributed by atoms with Gasteiger partial charge in [0.2, 0.25) is 0 Å². The van der Waals surface area contributed by atoms with Gasteiger partial charge < -0.3 is 5.32 Å². The van der Waals surface area contributed by atoms with Gasteiger partial charge in [-0.25, -0.2) is 4.63 Å². The van der Waals surface area contributed by atoms with Crippen molar-refractivity contribution in [3.8, 4) is 0 Å². The highest BCUT2D eigenvalue weighted by Gasteiger charge is 2.17. The van der Waals surface area contributed by atoms with Crippen molar-refractivity contribution >= 4 is 0 Å². The minimum atomic E-state index is 0.409. The number of aromatic nitrogens is 2. The summed E-state index contributed by atoms with van der Waals surface area (Å²) in [4.78, 5) is 2.51. The molecule has 0 bridgehead atoms. The van der Waals surface area contributed by atoms with Gasteiger partial charge in [0.25, 0.3) is 0 Å². The highest BCUT2D eigenvalue weighted by Crippen LogP contribution is 2.18. The van der Waals surface area contributed by atoms with Gasteiger partial charge in [-0.3, -0.25) is 4.90 Å². The van der Waals surface area contributed by atoms with Crippen molar-refractivity contribution in [2.24, 2.45) is 0 Å². The zero-order valence-electron chi connectivity index (χ0n) is 12.7. The lowest BCUT2D eigenvalue weighted by Crippen LogP contribution is -2.41. The molecule has 112 valence electrons. The van der Waals surface area contributed by atoms with Crippen LogP contribution in [0.5, 0.6) is 0 Å². The molecule has 0 radical (unpaired) electrons. The number of fused-ring (bicyclic) bond motifs is 1. The van der Waals surface area contributed by atoms with E-state index in [2.05, 4.69) is 51.7 Å². The predicted molar refractivity (Wildman–Crippen MR) is 80.8 cm³/mol. The highest BCUT2D eigenvalue weighted by atomic mass is 16.6. The summed E-state index contributed by atoms with van der Waals surface area (Å²) >= 11 is 0. The fourth-order valence-electron chi connectivity index (χ4n) is 2.84. The number of nitrogens with zero attached hydrogens (tertiary/aromatic N) is 3. The molecule has 0 aliphatic carbocycles. The standard InChI is InChI=1S/C16H22N4O/c1-12(17-9-16-13(2)18-21-19-16)10-20-8-7-14-5-3-4-6-15(14)11-20/h3-6,12,17H,7-11H2,1-2H3/t12-/m0/s1. The first-order valence-electron chi connectivity index (χ1n) is 7.53. The van der Waals surface area contributed by atoms with Gasteiger partial charge in [0.15, 0.2) is 0 Å². The maximum atomic E-state index is 4.72. The Hall–Kier alpha value is -1.72. The van der Waals surface area contributed by atoms with Gasteiger partial charge >= 0.3 is 0 Å². The molecule has 2 aromatic rings. The van der Waals surface area contributed by atoms with Crippen molar-refractivity contribution in [1.82, 2.24) is 20.5 Å². The van der Waals surface area contributed by atoms with Crippen LogP contribution in [0, 0.1) is 6.92 Å². The fourth-order valence-corrected chi connectivity index (χ4v) is 2.84. The second-order valence-electron chi connectivity index (χ2n) is 5.83. The molecule has 0 spiro atoms. The number of nitrogens with one attached hydrogen (secondary N) is 1. The lowest BCUT2D eigenvalue weighted by atomic mass is 10.00. The summed E-state index contributed by atoms with van der Waals surface area (Å²) in [5, 5.41) is 11.2. The molecule has 2 heterocycles. The summed E-state index contributed by atoms with van der Waals surface area (Å²) in [6.45, 7) is 8.06. The second kappa shape index (κ2) is 6.37. The smallest absolute Gasteiger partial charge is 0.121 e. The summed E-state index contributed by atoms with van der Waals surface area (Å²) in [5.41, 5.74) is 4.72. The molecule has 1 aliphatic heterocycles. The Labute approximate surface area is 125 Å². The van der Waals surface area contributed by atoms with Crippen molar-refractivity contribution in [2.45, 2.75) is 39.4 Å². The van der Waals surface area contributed by atoms with E-state index < -0.39 is 0 Å². The molecule has 1 aromatic carbocycles. The quantitative estimate of drug-likeness (QED) is 0.910. The molecule has 1 aromatic heterocycles. The Morgan fingerprint density at radius 1 is 1.29 bits per heavy atom. The molecular weight excluding hydrogens is 264 g/mol. The van der Waals surface area contributed by atoms with E-state index in [0.29, 0.717) is 12.6 Å². The topological polar surface area (TPSA) is 54.2 Å². The number of aryl methyl sites for hydroxylation is 1. The van der Waals surface area contributed by atoms with Crippen molar-refractivity contribution in [3.63, 3.8) is 0 Å². The Morgan fingerprint density at radius 3 is 2.86 bits per heavy atom. The summed E-state index contributed by atoms with van der Waals surface area (Å²) in [6, 6.07) is 9.15. The molecule has 0 amide bonds. The van der Waals surface area contributed by atoms with E-state index in [1.54, 1.807) is 0 Å². The van der Waals surface area contributed by atoms with E-state index in [9.17, 15) is 0 Å². The van der Waals surface area contributed by atoms with E-state index in [1.165, 1.54) is 11.1 Å². The lowest BCUT2D eigenvalue weighted by Gasteiger charge is -2.31. The van der Waals surface area contributed by atoms with Crippen molar-refractivity contribution < 1.29 is 4.63 Å². The van der Waals surface area contributed by atoms with Crippen LogP contribution in [-0.2, 0) is 19.5 Å². The zero-order chi connectivity index (χ0) is 14.7. The van der Waals surface area contributed by atoms with Crippen LogP contribution in [0.4, 0.5) is 0 Å². The van der Waals surface area contributed by atoms with E-state index >= 15 is 0 Å². The zero-order valence-corrected chi connectivity index (χ0v) is 12.7. The average molecular weight is 286 g/mol. The summed E-state index contributed by atoms with van der Waals surface area (Å²) in [7, 11) is 0. The van der Waals surface area contributed by atoms with E-state index in [1.807, 2.05) is 6.92 Å². The molecule has 1 N–H and O–H groups in total. The number of rotatable bonds is 5. The SMILES string of the molecule is Cc1nonc1CN[C@@H](C)CN1CCc2ccccc2C1. The number of hydrogen-bond acceptors (Lipinski definition) is 5. The monoisotopic (exact) mass is 286 g/mol. The summed E-state index contributed by atoms with van der Waals surface area (Å²) in [5.74, 6) is 0. The second-order valence-corrected chi connectivity index (χ2v) is 5.83. The normalized spacial score (nSPS) is 16.7. The van der Waals surface area contributed by atoms with Crippen LogP contribution in [0.3, 0.4) is 0 Å². The first-order chi connectivity index (χ1) is 10.2. The van der Waals surface area contributed by atoms with Crippen molar-refractivity contribution in [1.29, 1.82) is 0 Å². The minimum Gasteiger partial charge on any atom is -0.307 e. The van der Waals surface area contributed by atoms with Gasteiger partial charge in [-0.1, -0.05) is 34.6 Å². The molecule has 3 rings (SSSR count). The molecule has 1 aliphatic rings. The van der Waals surface area contributed by atoms with Crippen molar-refractivity contribution in [3.05, 3.63) is 46.8 Å². The molecule has 0 unspecified atom stereocenters. The third-order valence-electron chi connectivity index (χ3n) is 4.11. The molecule has 1 atom stereocenters. The lowest BCUT2D eigenvalue weighted by molar-refractivity contribution is 0.228. The number of hydrogen-bond donors (Lipinski definition) is 1. The van der Waals surface area contributed by atoms with Gasteiger partial charge in [-0.05, 0) is 31.4 Å². The molecule has 5 heteroatoms. The van der Waals surface area contributed by atoms with Gasteiger partial charge in [-0.2, -0.15) is 0 Å². The number of benzene rings is 1. The highest BCUT2D eigenvalue weighted by molar-refractivity contribution is 5.29. The Kier molecular flexibility index (Phi) is 4.31. The van der Waals surface area contributed by atoms with Gasteiger partial charge in [-0.15, -0.1) is 0 Å². The van der Waals surface area contributed by atoms with Crippen LogP contribution in [0.15, 0.2) is 28.9 Å². The van der Waals surface area contributed by atoms with E-state index in [-0.39, 0.29) is 0 Å². The Bertz CT molecular complexity index is 595. The van der Waals surface area contributed by atoms with E-state index in [4.69, 9.17) is 4.63 Å². The van der Waals surface area contributed by atoms with E-state index in [0.717, 1.165) is 37.4 Å². The molecule has 0 saturated heterocycles. The Morgan fingerprint density at radius 2 is 2.10 bits per heavy atom. The van der Waals surface area contributed by atoms with Gasteiger partial charge in [0.05, 0.1) is 0 Å². The first kappa shape index (κ1) is 14.2.